The van der Waals surface area contributed by atoms with Crippen LogP contribution in [0.1, 0.15) is 138 Å². The number of nitrogens with two attached hydrogens (primary N) is 2. The maximum absolute atomic E-state index is 13.2. The second kappa shape index (κ2) is 11.6. The molecule has 37 heavy (non-hydrogen) atoms. The number of hydrogen-bond acceptors (Lipinski definition) is 3. The lowest BCUT2D eigenvalue weighted by atomic mass is 9.66. The summed E-state index contributed by atoms with van der Waals surface area (Å²) >= 11 is 0. The molecule has 1 aromatic rings. The Hall–Kier alpha value is -2.37. The highest BCUT2D eigenvalue weighted by atomic mass is 16.2. The summed E-state index contributed by atoms with van der Waals surface area (Å²) in [7, 11) is 0. The van der Waals surface area contributed by atoms with E-state index < -0.39 is 11.8 Å². The number of primary amides is 2. The third-order valence-electron chi connectivity index (χ3n) is 10.2. The number of anilines is 1. The predicted octanol–water partition coefficient (Wildman–Crippen LogP) is 6.78. The molecule has 0 heterocycles. The van der Waals surface area contributed by atoms with Gasteiger partial charge in [-0.3, -0.25) is 14.4 Å². The van der Waals surface area contributed by atoms with Gasteiger partial charge < -0.3 is 16.8 Å². The van der Waals surface area contributed by atoms with E-state index in [2.05, 4.69) is 46.9 Å². The Morgan fingerprint density at radius 1 is 0.757 bits per heavy atom. The lowest BCUT2D eigenvalue weighted by Crippen LogP contribution is -2.33. The van der Waals surface area contributed by atoms with Gasteiger partial charge in [-0.2, -0.15) is 0 Å². The normalized spacial score (nSPS) is 24.9. The highest BCUT2D eigenvalue weighted by Gasteiger charge is 2.36. The molecule has 2 fully saturated rings. The van der Waals surface area contributed by atoms with Gasteiger partial charge in [-0.1, -0.05) is 54.4 Å². The first-order chi connectivity index (χ1) is 17.3. The van der Waals surface area contributed by atoms with E-state index in [1.807, 2.05) is 0 Å². The molecule has 2 aliphatic carbocycles. The minimum Gasteiger partial charge on any atom is -0.366 e. The summed E-state index contributed by atoms with van der Waals surface area (Å²) in [4.78, 5) is 38.3. The van der Waals surface area contributed by atoms with Crippen molar-refractivity contribution in [1.29, 1.82) is 0 Å². The molecule has 0 bridgehead atoms. The van der Waals surface area contributed by atoms with E-state index in [0.29, 0.717) is 34.2 Å². The summed E-state index contributed by atoms with van der Waals surface area (Å²) in [5.41, 5.74) is 13.9. The van der Waals surface area contributed by atoms with Crippen LogP contribution in [0.25, 0.3) is 0 Å². The third-order valence-corrected chi connectivity index (χ3v) is 10.2. The highest BCUT2D eigenvalue weighted by Crippen LogP contribution is 2.47. The van der Waals surface area contributed by atoms with Crippen LogP contribution in [-0.4, -0.2) is 17.7 Å². The van der Waals surface area contributed by atoms with Crippen molar-refractivity contribution in [2.75, 3.05) is 5.32 Å². The number of rotatable bonds is 9. The second-order valence-electron chi connectivity index (χ2n) is 13.0. The molecule has 5 N–H and O–H groups in total. The van der Waals surface area contributed by atoms with Crippen molar-refractivity contribution in [3.8, 4) is 0 Å². The maximum Gasteiger partial charge on any atom is 0.249 e. The average Bonchev–Trinajstić information content (AvgIpc) is 2.88. The molecule has 6 nitrogen and oxygen atoms in total. The zero-order valence-corrected chi connectivity index (χ0v) is 23.9. The molecular weight excluding hydrogens is 462 g/mol. The lowest BCUT2D eigenvalue weighted by Gasteiger charge is -2.39. The molecule has 0 atom stereocenters. The Balaban J connectivity index is 1.80. The minimum absolute atomic E-state index is 0.0517. The van der Waals surface area contributed by atoms with Crippen LogP contribution >= 0.6 is 0 Å². The van der Waals surface area contributed by atoms with Crippen molar-refractivity contribution >= 4 is 23.4 Å². The zero-order chi connectivity index (χ0) is 27.5. The van der Waals surface area contributed by atoms with E-state index in [9.17, 15) is 14.4 Å². The number of hydrogen-bond donors (Lipinski definition) is 3. The first-order valence-corrected chi connectivity index (χ1v) is 14.4. The molecule has 0 aromatic heterocycles. The standard InChI is InChI=1S/C31H49N3O3/c1-7-30(3,4)21-13-9-19(10-14-21)26-24(27(32)35)17-23(18-25(26)28(33)36)34-29(37)20-11-15-22(16-12-20)31(5,6)8-2/h17-22H,7-16H2,1-6H3,(H2,32,35)(H2,33,36)(H,34,37)/t19-,20-,21+,22+. The first kappa shape index (κ1) is 29.2. The number of benzene rings is 1. The molecule has 2 aliphatic rings. The molecular formula is C31H49N3O3. The van der Waals surface area contributed by atoms with E-state index in [1.165, 1.54) is 0 Å². The molecule has 206 valence electrons. The summed E-state index contributed by atoms with van der Waals surface area (Å²) in [5, 5.41) is 2.98. The van der Waals surface area contributed by atoms with Crippen LogP contribution in [0, 0.1) is 28.6 Å². The summed E-state index contributed by atoms with van der Waals surface area (Å²) in [6.07, 6.45) is 9.87. The molecule has 0 saturated heterocycles. The first-order valence-electron chi connectivity index (χ1n) is 14.4. The van der Waals surface area contributed by atoms with E-state index in [4.69, 9.17) is 11.5 Å². The topological polar surface area (TPSA) is 115 Å². The quantitative estimate of drug-likeness (QED) is 0.339. The van der Waals surface area contributed by atoms with Gasteiger partial charge in [0.25, 0.3) is 0 Å². The van der Waals surface area contributed by atoms with E-state index in [-0.39, 0.29) is 28.6 Å². The van der Waals surface area contributed by atoms with Gasteiger partial charge in [0.2, 0.25) is 17.7 Å². The van der Waals surface area contributed by atoms with Crippen molar-refractivity contribution in [3.05, 3.63) is 28.8 Å². The summed E-state index contributed by atoms with van der Waals surface area (Å²) in [6.45, 7) is 13.7. The second-order valence-corrected chi connectivity index (χ2v) is 13.0. The van der Waals surface area contributed by atoms with Crippen LogP contribution in [0.4, 0.5) is 5.69 Å². The number of carbonyl (C=O) groups excluding carboxylic acids is 3. The van der Waals surface area contributed by atoms with E-state index in [0.717, 1.165) is 64.2 Å². The van der Waals surface area contributed by atoms with Crippen LogP contribution in [0.5, 0.6) is 0 Å². The summed E-state index contributed by atoms with van der Waals surface area (Å²) in [5.74, 6) is -0.0284. The molecule has 2 saturated carbocycles. The van der Waals surface area contributed by atoms with Gasteiger partial charge in [0.1, 0.15) is 0 Å². The van der Waals surface area contributed by atoms with Gasteiger partial charge in [-0.25, -0.2) is 0 Å². The predicted molar refractivity (Wildman–Crippen MR) is 150 cm³/mol. The molecule has 1 aromatic carbocycles. The SMILES string of the molecule is CCC(C)(C)[C@H]1CC[C@@H](C(=O)Nc2cc(C(N)=O)c([C@H]3CC[C@@H](C(C)(C)CC)CC3)c(C(N)=O)c2)CC1. The zero-order valence-electron chi connectivity index (χ0n) is 23.9. The molecule has 0 spiro atoms. The largest absolute Gasteiger partial charge is 0.366 e. The number of carbonyl (C=O) groups is 3. The van der Waals surface area contributed by atoms with Crippen LogP contribution < -0.4 is 16.8 Å². The monoisotopic (exact) mass is 511 g/mol. The van der Waals surface area contributed by atoms with Crippen molar-refractivity contribution in [3.63, 3.8) is 0 Å². The average molecular weight is 512 g/mol. The van der Waals surface area contributed by atoms with E-state index >= 15 is 0 Å². The summed E-state index contributed by atoms with van der Waals surface area (Å²) in [6, 6.07) is 3.30. The third kappa shape index (κ3) is 6.56. The number of nitrogens with one attached hydrogen (secondary N) is 1. The summed E-state index contributed by atoms with van der Waals surface area (Å²) < 4.78 is 0. The van der Waals surface area contributed by atoms with Gasteiger partial charge in [0.15, 0.2) is 0 Å². The smallest absolute Gasteiger partial charge is 0.249 e. The van der Waals surface area contributed by atoms with Crippen LogP contribution in [-0.2, 0) is 4.79 Å². The van der Waals surface area contributed by atoms with Crippen molar-refractivity contribution in [2.24, 2.45) is 40.1 Å². The van der Waals surface area contributed by atoms with Gasteiger partial charge in [0, 0.05) is 22.7 Å². The fraction of sp³-hybridized carbons (Fsp3) is 0.710. The van der Waals surface area contributed by atoms with Crippen molar-refractivity contribution in [1.82, 2.24) is 0 Å². The van der Waals surface area contributed by atoms with Crippen molar-refractivity contribution in [2.45, 2.75) is 112 Å². The van der Waals surface area contributed by atoms with Crippen LogP contribution in [0.3, 0.4) is 0 Å². The highest BCUT2D eigenvalue weighted by molar-refractivity contribution is 6.04. The molecule has 0 aliphatic heterocycles. The fourth-order valence-corrected chi connectivity index (χ4v) is 6.70. The Morgan fingerprint density at radius 2 is 1.16 bits per heavy atom. The molecule has 3 amide bonds. The van der Waals surface area contributed by atoms with Crippen LogP contribution in [0.2, 0.25) is 0 Å². The van der Waals surface area contributed by atoms with Crippen LogP contribution in [0.15, 0.2) is 12.1 Å². The Bertz CT molecular complexity index is 962. The van der Waals surface area contributed by atoms with Gasteiger partial charge in [-0.05, 0) is 97.6 Å². The molecule has 3 rings (SSSR count). The van der Waals surface area contributed by atoms with Crippen molar-refractivity contribution < 1.29 is 14.4 Å². The Kier molecular flexibility index (Phi) is 9.13. The number of amides is 3. The molecule has 6 heteroatoms. The lowest BCUT2D eigenvalue weighted by molar-refractivity contribution is -0.121. The Morgan fingerprint density at radius 3 is 1.54 bits per heavy atom. The molecule has 0 unspecified atom stereocenters. The molecule has 0 radical (unpaired) electrons. The van der Waals surface area contributed by atoms with E-state index in [1.54, 1.807) is 12.1 Å². The van der Waals surface area contributed by atoms with Gasteiger partial charge in [-0.15, -0.1) is 0 Å². The van der Waals surface area contributed by atoms with Gasteiger partial charge in [0.05, 0.1) is 0 Å². The van der Waals surface area contributed by atoms with Gasteiger partial charge >= 0.3 is 0 Å². The fourth-order valence-electron chi connectivity index (χ4n) is 6.70. The minimum atomic E-state index is -0.591. The Labute approximate surface area is 223 Å². The maximum atomic E-state index is 13.2.